The predicted octanol–water partition coefficient (Wildman–Crippen LogP) is 3.51. The number of carbonyl (C=O) groups excluding carboxylic acids is 1. The molecule has 5 nitrogen and oxygen atoms in total. The van der Waals surface area contributed by atoms with E-state index in [1.54, 1.807) is 7.11 Å². The molecule has 4 rings (SSSR count). The van der Waals surface area contributed by atoms with Crippen LogP contribution in [0.3, 0.4) is 0 Å². The molecule has 0 atom stereocenters. The predicted molar refractivity (Wildman–Crippen MR) is 108 cm³/mol. The summed E-state index contributed by atoms with van der Waals surface area (Å²) in [5.41, 5.74) is 1.41. The topological polar surface area (TPSA) is 65.4 Å². The van der Waals surface area contributed by atoms with E-state index in [4.69, 9.17) is 10.1 Å². The molecule has 3 aromatic carbocycles. The Labute approximate surface area is 164 Å². The molecule has 0 unspecified atom stereocenters. The number of nitrogens with zero attached hydrogens (tertiary/aromatic N) is 1. The van der Waals surface area contributed by atoms with E-state index in [1.165, 1.54) is 4.90 Å². The van der Waals surface area contributed by atoms with Crippen LogP contribution < -0.4 is 10.1 Å². The van der Waals surface area contributed by atoms with Gasteiger partial charge in [-0.05, 0) is 28.8 Å². The second kappa shape index (κ2) is 7.19. The first-order valence-corrected chi connectivity index (χ1v) is 9.08. The summed E-state index contributed by atoms with van der Waals surface area (Å²) < 4.78 is 5.28. The largest absolute Gasteiger partial charge is 0.497 e. The summed E-state index contributed by atoms with van der Waals surface area (Å²) in [5.74, 6) is 0.638. The van der Waals surface area contributed by atoms with Crippen molar-refractivity contribution in [3.8, 4) is 5.75 Å². The SMILES string of the molecule is COc1cccc(CN2C(=N)NC(c3ccccc3)(c3ccccc3)C2=O)c1. The van der Waals surface area contributed by atoms with Crippen molar-refractivity contribution in [3.05, 3.63) is 102 Å². The average molecular weight is 371 g/mol. The minimum atomic E-state index is -1.11. The zero-order chi connectivity index (χ0) is 19.6. The smallest absolute Gasteiger partial charge is 0.264 e. The Bertz CT molecular complexity index is 963. The molecule has 0 bridgehead atoms. The Balaban J connectivity index is 1.77. The number of hydrogen-bond donors (Lipinski definition) is 2. The van der Waals surface area contributed by atoms with Gasteiger partial charge in [0.15, 0.2) is 11.5 Å². The summed E-state index contributed by atoms with van der Waals surface area (Å²) in [6, 6.07) is 26.7. The molecule has 0 aromatic heterocycles. The van der Waals surface area contributed by atoms with Gasteiger partial charge in [0.25, 0.3) is 5.91 Å². The van der Waals surface area contributed by atoms with E-state index in [2.05, 4.69) is 5.32 Å². The van der Waals surface area contributed by atoms with Gasteiger partial charge in [0.05, 0.1) is 13.7 Å². The summed E-state index contributed by atoms with van der Waals surface area (Å²) in [7, 11) is 1.61. The van der Waals surface area contributed by atoms with Crippen LogP contribution in [0.15, 0.2) is 84.9 Å². The van der Waals surface area contributed by atoms with Gasteiger partial charge in [-0.25, -0.2) is 0 Å². The third-order valence-corrected chi connectivity index (χ3v) is 5.03. The molecule has 1 saturated heterocycles. The molecule has 0 spiro atoms. The highest BCUT2D eigenvalue weighted by Gasteiger charge is 2.52. The van der Waals surface area contributed by atoms with Gasteiger partial charge < -0.3 is 10.1 Å². The lowest BCUT2D eigenvalue weighted by atomic mass is 9.82. The molecule has 1 amide bonds. The lowest BCUT2D eigenvalue weighted by Crippen LogP contribution is -2.45. The number of hydrogen-bond acceptors (Lipinski definition) is 3. The standard InChI is InChI=1S/C23H21N3O2/c1-28-20-14-8-9-17(15-20)16-26-21(27)23(25-22(26)24,18-10-4-2-5-11-18)19-12-6-3-7-13-19/h2-15H,16H2,1H3,(H2,24,25). The second-order valence-corrected chi connectivity index (χ2v) is 6.70. The van der Waals surface area contributed by atoms with Gasteiger partial charge in [-0.3, -0.25) is 15.1 Å². The van der Waals surface area contributed by atoms with Gasteiger partial charge in [0, 0.05) is 0 Å². The van der Waals surface area contributed by atoms with Crippen LogP contribution in [0.1, 0.15) is 16.7 Å². The molecular formula is C23H21N3O2. The van der Waals surface area contributed by atoms with Crippen molar-refractivity contribution in [3.63, 3.8) is 0 Å². The van der Waals surface area contributed by atoms with Gasteiger partial charge in [0.2, 0.25) is 0 Å². The summed E-state index contributed by atoms with van der Waals surface area (Å²) in [5, 5.41) is 11.7. The molecule has 1 heterocycles. The number of amides is 1. The average Bonchev–Trinajstić information content (AvgIpc) is 3.01. The van der Waals surface area contributed by atoms with E-state index in [9.17, 15) is 4.79 Å². The lowest BCUT2D eigenvalue weighted by Gasteiger charge is -2.28. The summed E-state index contributed by atoms with van der Waals surface area (Å²) in [6.07, 6.45) is 0. The van der Waals surface area contributed by atoms with E-state index >= 15 is 0 Å². The van der Waals surface area contributed by atoms with Crippen molar-refractivity contribution < 1.29 is 9.53 Å². The Kier molecular flexibility index (Phi) is 4.57. The molecule has 28 heavy (non-hydrogen) atoms. The zero-order valence-corrected chi connectivity index (χ0v) is 15.6. The van der Waals surface area contributed by atoms with Crippen LogP contribution >= 0.6 is 0 Å². The summed E-state index contributed by atoms with van der Waals surface area (Å²) in [4.78, 5) is 15.2. The van der Waals surface area contributed by atoms with Crippen molar-refractivity contribution in [1.82, 2.24) is 10.2 Å². The van der Waals surface area contributed by atoms with Crippen molar-refractivity contribution in [1.29, 1.82) is 5.41 Å². The normalized spacial score (nSPS) is 15.4. The lowest BCUT2D eigenvalue weighted by molar-refractivity contribution is -0.130. The van der Waals surface area contributed by atoms with E-state index in [-0.39, 0.29) is 11.9 Å². The van der Waals surface area contributed by atoms with Gasteiger partial charge in [-0.2, -0.15) is 0 Å². The van der Waals surface area contributed by atoms with Crippen molar-refractivity contribution in [2.24, 2.45) is 0 Å². The van der Waals surface area contributed by atoms with E-state index in [1.807, 2.05) is 84.9 Å². The number of nitrogens with one attached hydrogen (secondary N) is 2. The maximum Gasteiger partial charge on any atom is 0.264 e. The first-order valence-electron chi connectivity index (χ1n) is 9.08. The van der Waals surface area contributed by atoms with Crippen molar-refractivity contribution >= 4 is 11.9 Å². The number of methoxy groups -OCH3 is 1. The van der Waals surface area contributed by atoms with Gasteiger partial charge >= 0.3 is 0 Å². The molecule has 0 saturated carbocycles. The van der Waals surface area contributed by atoms with Crippen LogP contribution in [0.5, 0.6) is 5.75 Å². The van der Waals surface area contributed by atoms with Crippen LogP contribution in [-0.2, 0) is 16.9 Å². The van der Waals surface area contributed by atoms with Gasteiger partial charge in [0.1, 0.15) is 5.75 Å². The second-order valence-electron chi connectivity index (χ2n) is 6.70. The van der Waals surface area contributed by atoms with Crippen molar-refractivity contribution in [2.45, 2.75) is 12.1 Å². The number of benzene rings is 3. The van der Waals surface area contributed by atoms with E-state index in [0.717, 1.165) is 22.4 Å². The Morgan fingerprint density at radius 1 is 0.929 bits per heavy atom. The van der Waals surface area contributed by atoms with E-state index in [0.29, 0.717) is 6.54 Å². The number of rotatable bonds is 5. The first-order chi connectivity index (χ1) is 13.6. The molecule has 1 fully saturated rings. The Hall–Kier alpha value is -3.60. The fourth-order valence-electron chi connectivity index (χ4n) is 3.64. The Morgan fingerprint density at radius 2 is 1.54 bits per heavy atom. The third kappa shape index (κ3) is 2.91. The van der Waals surface area contributed by atoms with Crippen LogP contribution in [-0.4, -0.2) is 23.9 Å². The highest BCUT2D eigenvalue weighted by atomic mass is 16.5. The van der Waals surface area contributed by atoms with Crippen LogP contribution in [0, 0.1) is 5.41 Å². The molecule has 140 valence electrons. The maximum atomic E-state index is 13.7. The van der Waals surface area contributed by atoms with Crippen LogP contribution in [0.25, 0.3) is 0 Å². The molecule has 0 radical (unpaired) electrons. The molecular weight excluding hydrogens is 350 g/mol. The number of guanidine groups is 1. The maximum absolute atomic E-state index is 13.7. The highest BCUT2D eigenvalue weighted by molar-refractivity contribution is 6.10. The number of carbonyl (C=O) groups is 1. The number of ether oxygens (including phenoxy) is 1. The molecule has 1 aliphatic heterocycles. The molecule has 1 aliphatic rings. The molecule has 0 aliphatic carbocycles. The first kappa shape index (κ1) is 17.8. The fraction of sp³-hybridized carbons (Fsp3) is 0.130. The quantitative estimate of drug-likeness (QED) is 0.721. The van der Waals surface area contributed by atoms with Crippen LogP contribution in [0.2, 0.25) is 0 Å². The fourth-order valence-corrected chi connectivity index (χ4v) is 3.64. The zero-order valence-electron chi connectivity index (χ0n) is 15.6. The van der Waals surface area contributed by atoms with E-state index < -0.39 is 5.54 Å². The minimum absolute atomic E-state index is 0.0838. The van der Waals surface area contributed by atoms with Crippen molar-refractivity contribution in [2.75, 3.05) is 7.11 Å². The molecule has 2 N–H and O–H groups in total. The monoisotopic (exact) mass is 371 g/mol. The third-order valence-electron chi connectivity index (χ3n) is 5.03. The highest BCUT2D eigenvalue weighted by Crippen LogP contribution is 2.36. The summed E-state index contributed by atoms with van der Waals surface area (Å²) >= 11 is 0. The Morgan fingerprint density at radius 3 is 2.11 bits per heavy atom. The minimum Gasteiger partial charge on any atom is -0.497 e. The van der Waals surface area contributed by atoms with Gasteiger partial charge in [-0.15, -0.1) is 0 Å². The summed E-state index contributed by atoms with van der Waals surface area (Å²) in [6.45, 7) is 0.295. The van der Waals surface area contributed by atoms with Gasteiger partial charge in [-0.1, -0.05) is 72.8 Å². The molecule has 3 aromatic rings. The van der Waals surface area contributed by atoms with Crippen LogP contribution in [0.4, 0.5) is 0 Å². The molecule has 5 heteroatoms.